The van der Waals surface area contributed by atoms with Crippen molar-refractivity contribution in [3.8, 4) is 0 Å². The number of rotatable bonds is 8. The lowest BCUT2D eigenvalue weighted by Crippen LogP contribution is -2.54. The largest absolute Gasteiger partial charge is 0.454 e. The number of imide groups is 1. The number of nitrogens with one attached hydrogen (secondary N) is 2. The quantitative estimate of drug-likeness (QED) is 0.462. The molecule has 1 saturated heterocycles. The van der Waals surface area contributed by atoms with Crippen LogP contribution in [0, 0.1) is 5.92 Å². The van der Waals surface area contributed by atoms with E-state index in [1.54, 1.807) is 0 Å². The van der Waals surface area contributed by atoms with E-state index in [1.165, 1.54) is 6.92 Å². The summed E-state index contributed by atoms with van der Waals surface area (Å²) in [6, 6.07) is 7.85. The van der Waals surface area contributed by atoms with E-state index in [-0.39, 0.29) is 11.7 Å². The van der Waals surface area contributed by atoms with Crippen molar-refractivity contribution in [2.45, 2.75) is 57.5 Å². The molecule has 32 heavy (non-hydrogen) atoms. The molecule has 3 atom stereocenters. The second-order valence-electron chi connectivity index (χ2n) is 8.52. The van der Waals surface area contributed by atoms with E-state index >= 15 is 0 Å². The first-order valence-electron chi connectivity index (χ1n) is 10.9. The summed E-state index contributed by atoms with van der Waals surface area (Å²) < 4.78 is 4.96. The Kier molecular flexibility index (Phi) is 7.27. The number of hydrogen-bond donors (Lipinski definition) is 2. The first kappa shape index (κ1) is 23.4. The van der Waals surface area contributed by atoms with E-state index in [9.17, 15) is 24.0 Å². The van der Waals surface area contributed by atoms with Gasteiger partial charge in [-0.3, -0.25) is 24.1 Å². The molecule has 2 fully saturated rings. The number of amides is 4. The molecule has 4 amide bonds. The van der Waals surface area contributed by atoms with Gasteiger partial charge in [0.2, 0.25) is 0 Å². The maximum atomic E-state index is 12.9. The van der Waals surface area contributed by atoms with Gasteiger partial charge in [0, 0.05) is 0 Å². The molecule has 172 valence electrons. The normalized spacial score (nSPS) is 23.6. The zero-order valence-electron chi connectivity index (χ0n) is 18.4. The summed E-state index contributed by atoms with van der Waals surface area (Å²) in [5.41, 5.74) is -0.0755. The average molecular weight is 444 g/mol. The highest BCUT2D eigenvalue weighted by molar-refractivity contribution is 6.09. The van der Waals surface area contributed by atoms with Gasteiger partial charge < -0.3 is 15.4 Å². The Morgan fingerprint density at radius 2 is 1.94 bits per heavy atom. The lowest BCUT2D eigenvalue weighted by Gasteiger charge is -2.36. The number of hydrogen-bond acceptors (Lipinski definition) is 6. The first-order valence-corrected chi connectivity index (χ1v) is 10.9. The van der Waals surface area contributed by atoms with Crippen molar-refractivity contribution < 1.29 is 28.7 Å². The number of urea groups is 1. The SMILES string of the molecule is CC(=O)[C@H](Cc1ccccc1)NC(=O)COC(=O)CN1C(=O)N[C@]2(CCCC[C@H]2C)C1=O. The number of esters is 1. The fourth-order valence-electron chi connectivity index (χ4n) is 4.34. The predicted octanol–water partition coefficient (Wildman–Crippen LogP) is 1.35. The molecule has 1 aromatic carbocycles. The Morgan fingerprint density at radius 3 is 2.59 bits per heavy atom. The summed E-state index contributed by atoms with van der Waals surface area (Å²) in [5, 5.41) is 5.32. The third-order valence-electron chi connectivity index (χ3n) is 6.26. The number of Topliss-reactive ketones (excluding diaryl/α,β-unsaturated/α-hetero) is 1. The molecule has 0 radical (unpaired) electrons. The Balaban J connectivity index is 1.50. The van der Waals surface area contributed by atoms with E-state index in [0.717, 1.165) is 29.7 Å². The molecule has 2 N–H and O–H groups in total. The van der Waals surface area contributed by atoms with Crippen LogP contribution in [0.4, 0.5) is 4.79 Å². The van der Waals surface area contributed by atoms with Crippen molar-refractivity contribution >= 4 is 29.6 Å². The monoisotopic (exact) mass is 443 g/mol. The van der Waals surface area contributed by atoms with Crippen LogP contribution in [0.25, 0.3) is 0 Å². The number of carbonyl (C=O) groups is 5. The van der Waals surface area contributed by atoms with Crippen LogP contribution in [0.5, 0.6) is 0 Å². The van der Waals surface area contributed by atoms with Gasteiger partial charge >= 0.3 is 12.0 Å². The molecule has 0 aromatic heterocycles. The Hall–Kier alpha value is -3.23. The summed E-state index contributed by atoms with van der Waals surface area (Å²) in [5.74, 6) is -2.17. The van der Waals surface area contributed by atoms with Crippen molar-refractivity contribution in [1.82, 2.24) is 15.5 Å². The van der Waals surface area contributed by atoms with Crippen molar-refractivity contribution in [1.29, 1.82) is 0 Å². The third kappa shape index (κ3) is 5.15. The van der Waals surface area contributed by atoms with Gasteiger partial charge in [-0.15, -0.1) is 0 Å². The van der Waals surface area contributed by atoms with Crippen LogP contribution in [0.3, 0.4) is 0 Å². The van der Waals surface area contributed by atoms with Gasteiger partial charge in [-0.1, -0.05) is 50.1 Å². The summed E-state index contributed by atoms with van der Waals surface area (Å²) in [7, 11) is 0. The van der Waals surface area contributed by atoms with Gasteiger partial charge in [-0.2, -0.15) is 0 Å². The third-order valence-corrected chi connectivity index (χ3v) is 6.26. The molecular formula is C23H29N3O6. The fraction of sp³-hybridized carbons (Fsp3) is 0.522. The zero-order chi connectivity index (χ0) is 23.3. The summed E-state index contributed by atoms with van der Waals surface area (Å²) in [4.78, 5) is 62.4. The maximum Gasteiger partial charge on any atom is 0.326 e. The van der Waals surface area contributed by atoms with Crippen molar-refractivity contribution in [2.75, 3.05) is 13.2 Å². The zero-order valence-corrected chi connectivity index (χ0v) is 18.4. The van der Waals surface area contributed by atoms with Gasteiger partial charge in [0.15, 0.2) is 12.4 Å². The number of ketones is 1. The van der Waals surface area contributed by atoms with Crippen LogP contribution in [0.15, 0.2) is 30.3 Å². The van der Waals surface area contributed by atoms with Crippen LogP contribution in [-0.4, -0.2) is 59.2 Å². The van der Waals surface area contributed by atoms with Crippen molar-refractivity contribution in [3.63, 3.8) is 0 Å². The topological polar surface area (TPSA) is 122 Å². The first-order chi connectivity index (χ1) is 15.2. The van der Waals surface area contributed by atoms with Gasteiger partial charge in [0.05, 0.1) is 6.04 Å². The molecule has 1 aromatic rings. The van der Waals surface area contributed by atoms with Gasteiger partial charge in [-0.25, -0.2) is 4.79 Å². The van der Waals surface area contributed by atoms with Crippen LogP contribution < -0.4 is 10.6 Å². The maximum absolute atomic E-state index is 12.9. The average Bonchev–Trinajstić information content (AvgIpc) is 2.99. The number of ether oxygens (including phenoxy) is 1. The minimum Gasteiger partial charge on any atom is -0.454 e. The highest BCUT2D eigenvalue weighted by atomic mass is 16.5. The van der Waals surface area contributed by atoms with Gasteiger partial charge in [-0.05, 0) is 37.7 Å². The summed E-state index contributed by atoms with van der Waals surface area (Å²) in [6.45, 7) is 2.12. The second-order valence-corrected chi connectivity index (χ2v) is 8.52. The Labute approximate surface area is 186 Å². The van der Waals surface area contributed by atoms with Crippen molar-refractivity contribution in [2.24, 2.45) is 5.92 Å². The van der Waals surface area contributed by atoms with Crippen molar-refractivity contribution in [3.05, 3.63) is 35.9 Å². The van der Waals surface area contributed by atoms with E-state index in [2.05, 4.69) is 10.6 Å². The molecule has 0 bridgehead atoms. The number of carbonyl (C=O) groups excluding carboxylic acids is 5. The molecule has 1 aliphatic heterocycles. The van der Waals surface area contributed by atoms with Gasteiger partial charge in [0.1, 0.15) is 12.1 Å². The van der Waals surface area contributed by atoms with Crippen LogP contribution in [0.2, 0.25) is 0 Å². The van der Waals surface area contributed by atoms with E-state index in [1.807, 2.05) is 37.3 Å². The van der Waals surface area contributed by atoms with Crippen LogP contribution in [-0.2, 0) is 30.3 Å². The molecule has 1 spiro atoms. The molecule has 1 saturated carbocycles. The molecule has 3 rings (SSSR count). The summed E-state index contributed by atoms with van der Waals surface area (Å²) >= 11 is 0. The highest BCUT2D eigenvalue weighted by Gasteiger charge is 2.55. The smallest absolute Gasteiger partial charge is 0.326 e. The molecule has 9 heteroatoms. The molecule has 9 nitrogen and oxygen atoms in total. The lowest BCUT2D eigenvalue weighted by molar-refractivity contribution is -0.151. The Morgan fingerprint density at radius 1 is 1.22 bits per heavy atom. The van der Waals surface area contributed by atoms with Crippen LogP contribution >= 0.6 is 0 Å². The second kappa shape index (κ2) is 9.93. The van der Waals surface area contributed by atoms with Crippen LogP contribution in [0.1, 0.15) is 45.1 Å². The molecular weight excluding hydrogens is 414 g/mol. The van der Waals surface area contributed by atoms with E-state index < -0.39 is 48.5 Å². The standard InChI is InChI=1S/C23H29N3O6/c1-15-8-6-7-11-23(15)21(30)26(22(31)25-23)13-20(29)32-14-19(28)24-18(16(2)27)12-17-9-4-3-5-10-17/h3-5,9-10,15,18H,6-8,11-14H2,1-2H3,(H,24,28)(H,25,31)/t15-,18+,23+/m1/s1. The van der Waals surface area contributed by atoms with Gasteiger partial charge in [0.25, 0.3) is 11.8 Å². The minimum absolute atomic E-state index is 0.0207. The lowest BCUT2D eigenvalue weighted by atomic mass is 9.73. The molecule has 1 aliphatic carbocycles. The number of nitrogens with zero attached hydrogens (tertiary/aromatic N) is 1. The summed E-state index contributed by atoms with van der Waals surface area (Å²) in [6.07, 6.45) is 3.51. The Bertz CT molecular complexity index is 902. The van der Waals surface area contributed by atoms with E-state index in [4.69, 9.17) is 4.74 Å². The van der Waals surface area contributed by atoms with E-state index in [0.29, 0.717) is 12.8 Å². The molecule has 1 heterocycles. The molecule has 2 aliphatic rings. The molecule has 0 unspecified atom stereocenters. The minimum atomic E-state index is -0.959. The number of benzene rings is 1. The highest BCUT2D eigenvalue weighted by Crippen LogP contribution is 2.38. The fourth-order valence-corrected chi connectivity index (χ4v) is 4.34. The predicted molar refractivity (Wildman–Crippen MR) is 114 cm³/mol.